The van der Waals surface area contributed by atoms with Gasteiger partial charge in [-0.25, -0.2) is 0 Å². The average molecular weight is 667 g/mol. The third-order valence-electron chi connectivity index (χ3n) is 9.01. The van der Waals surface area contributed by atoms with Gasteiger partial charge in [0.25, 0.3) is 10.1 Å². The van der Waals surface area contributed by atoms with Gasteiger partial charge in [0.2, 0.25) is 12.5 Å². The lowest BCUT2D eigenvalue weighted by atomic mass is 9.66. The van der Waals surface area contributed by atoms with Crippen molar-refractivity contribution in [3.8, 4) is 28.7 Å². The molecule has 2 aromatic rings. The number of hydrogen-bond donors (Lipinski definition) is 2. The molecule has 7 rings (SSSR count). The number of phenols is 1. The largest absolute Gasteiger partial charge is 0.502 e. The number of ether oxygens (including phenoxy) is 9. The van der Waals surface area contributed by atoms with Gasteiger partial charge in [-0.15, -0.1) is 0 Å². The smallest absolute Gasteiger partial charge is 0.310 e. The van der Waals surface area contributed by atoms with Crippen LogP contribution in [0.15, 0.2) is 24.3 Å². The third kappa shape index (κ3) is 5.31. The minimum atomic E-state index is -4.10. The number of methoxy groups -OCH3 is 2. The molecule has 0 saturated carbocycles. The Bertz CT molecular complexity index is 1600. The topological polar surface area (TPSA) is 184 Å². The van der Waals surface area contributed by atoms with Crippen molar-refractivity contribution in [3.05, 3.63) is 41.0 Å². The lowest BCUT2D eigenvalue weighted by Crippen LogP contribution is -2.64. The zero-order chi connectivity index (χ0) is 32.5. The first-order chi connectivity index (χ1) is 22.0. The van der Waals surface area contributed by atoms with E-state index in [1.54, 1.807) is 31.2 Å². The molecule has 15 nitrogen and oxygen atoms in total. The van der Waals surface area contributed by atoms with Crippen molar-refractivity contribution in [1.29, 1.82) is 0 Å². The van der Waals surface area contributed by atoms with Crippen LogP contribution < -0.4 is 18.9 Å². The van der Waals surface area contributed by atoms with Crippen molar-refractivity contribution >= 4 is 16.1 Å². The molecule has 16 heteroatoms. The quantitative estimate of drug-likeness (QED) is 0.318. The molecule has 3 fully saturated rings. The maximum absolute atomic E-state index is 13.5. The molecule has 0 aromatic heterocycles. The molecule has 0 spiro atoms. The Hall–Kier alpha value is -3.38. The number of hydrogen-bond acceptors (Lipinski definition) is 15. The Morgan fingerprint density at radius 2 is 1.61 bits per heavy atom. The molecule has 46 heavy (non-hydrogen) atoms. The third-order valence-corrected chi connectivity index (χ3v) is 9.58. The number of esters is 1. The SMILES string of the molecule is COc1cc([C@@H]2c3cc4c(cc3[C@@H](O[C@@H]3O[C@@H]5CO[C@@H](C)O[C@H]5[C@H](O)[C@H]3OS(C)(=O)=O)[C@H]3COC(=O)[C@H]23)OCO4)cc(OC)c1O. The van der Waals surface area contributed by atoms with Crippen LogP contribution in [0.5, 0.6) is 28.7 Å². The highest BCUT2D eigenvalue weighted by Gasteiger charge is 2.57. The molecule has 4 heterocycles. The van der Waals surface area contributed by atoms with Gasteiger partial charge in [0.1, 0.15) is 18.3 Å². The Morgan fingerprint density at radius 3 is 2.26 bits per heavy atom. The van der Waals surface area contributed by atoms with Crippen molar-refractivity contribution in [2.24, 2.45) is 11.8 Å². The van der Waals surface area contributed by atoms with Gasteiger partial charge in [0.05, 0.1) is 45.7 Å². The number of aromatic hydroxyl groups is 1. The lowest BCUT2D eigenvalue weighted by Gasteiger charge is -2.48. The van der Waals surface area contributed by atoms with Crippen LogP contribution in [0, 0.1) is 11.8 Å². The second-order valence-electron chi connectivity index (χ2n) is 11.8. The number of carbonyl (C=O) groups is 1. The minimum absolute atomic E-state index is 0.0200. The van der Waals surface area contributed by atoms with Crippen molar-refractivity contribution in [3.63, 3.8) is 0 Å². The molecule has 0 radical (unpaired) electrons. The molecule has 250 valence electrons. The molecule has 2 aromatic carbocycles. The molecule has 0 unspecified atom stereocenters. The van der Waals surface area contributed by atoms with E-state index in [4.69, 9.17) is 46.8 Å². The summed E-state index contributed by atoms with van der Waals surface area (Å²) in [6, 6.07) is 6.75. The molecule has 2 N–H and O–H groups in total. The van der Waals surface area contributed by atoms with E-state index in [0.717, 1.165) is 6.26 Å². The van der Waals surface area contributed by atoms with Crippen molar-refractivity contribution < 1.29 is 70.2 Å². The zero-order valence-corrected chi connectivity index (χ0v) is 26.1. The summed E-state index contributed by atoms with van der Waals surface area (Å²) < 4.78 is 81.9. The van der Waals surface area contributed by atoms with E-state index in [9.17, 15) is 23.4 Å². The number of benzene rings is 2. The van der Waals surface area contributed by atoms with Gasteiger partial charge in [0, 0.05) is 11.8 Å². The first-order valence-electron chi connectivity index (χ1n) is 14.7. The van der Waals surface area contributed by atoms with Crippen LogP contribution in [-0.2, 0) is 42.8 Å². The molecule has 4 aliphatic heterocycles. The molecule has 0 bridgehead atoms. The Balaban J connectivity index is 1.34. The molecular weight excluding hydrogens is 632 g/mol. The van der Waals surface area contributed by atoms with Crippen molar-refractivity contribution in [2.75, 3.05) is 40.5 Å². The van der Waals surface area contributed by atoms with Gasteiger partial charge in [-0.05, 0) is 47.9 Å². The summed E-state index contributed by atoms with van der Waals surface area (Å²) in [6.45, 7) is 1.64. The monoisotopic (exact) mass is 666 g/mol. The van der Waals surface area contributed by atoms with E-state index >= 15 is 0 Å². The van der Waals surface area contributed by atoms with E-state index in [0.29, 0.717) is 28.2 Å². The first kappa shape index (κ1) is 31.2. The number of phenolic OH excluding ortho intramolecular Hbond substituents is 1. The van der Waals surface area contributed by atoms with E-state index in [1.165, 1.54) is 14.2 Å². The molecule has 3 saturated heterocycles. The van der Waals surface area contributed by atoms with E-state index < -0.39 is 76.9 Å². The van der Waals surface area contributed by atoms with E-state index in [-0.39, 0.29) is 37.3 Å². The number of rotatable bonds is 7. The summed E-state index contributed by atoms with van der Waals surface area (Å²) in [5.41, 5.74) is 1.80. The normalized spacial score (nSPS) is 34.7. The fourth-order valence-corrected chi connectivity index (χ4v) is 7.63. The van der Waals surface area contributed by atoms with Crippen molar-refractivity contribution in [1.82, 2.24) is 0 Å². The summed E-state index contributed by atoms with van der Waals surface area (Å²) in [5, 5.41) is 21.9. The fourth-order valence-electron chi connectivity index (χ4n) is 7.03. The van der Waals surface area contributed by atoms with Crippen LogP contribution in [0.2, 0.25) is 0 Å². The fraction of sp³-hybridized carbons (Fsp3) is 0.567. The van der Waals surface area contributed by atoms with Gasteiger partial charge in [-0.2, -0.15) is 8.42 Å². The average Bonchev–Trinajstić information content (AvgIpc) is 3.64. The lowest BCUT2D eigenvalue weighted by molar-refractivity contribution is -0.360. The van der Waals surface area contributed by atoms with Crippen LogP contribution in [0.1, 0.15) is 35.6 Å². The molecule has 5 aliphatic rings. The number of aliphatic hydroxyl groups excluding tert-OH is 1. The van der Waals surface area contributed by atoms with Crippen LogP contribution >= 0.6 is 0 Å². The van der Waals surface area contributed by atoms with Crippen LogP contribution in [-0.4, -0.2) is 102 Å². The summed E-state index contributed by atoms with van der Waals surface area (Å²) in [5.74, 6) is -1.59. The second-order valence-corrected chi connectivity index (χ2v) is 13.4. The van der Waals surface area contributed by atoms with Gasteiger partial charge in [0.15, 0.2) is 41.7 Å². The summed E-state index contributed by atoms with van der Waals surface area (Å²) in [7, 11) is -1.29. The van der Waals surface area contributed by atoms with Crippen LogP contribution in [0.25, 0.3) is 0 Å². The van der Waals surface area contributed by atoms with Crippen molar-refractivity contribution in [2.45, 2.75) is 55.9 Å². The van der Waals surface area contributed by atoms with Gasteiger partial charge in [-0.3, -0.25) is 8.98 Å². The zero-order valence-electron chi connectivity index (χ0n) is 25.3. The molecule has 10 atom stereocenters. The highest BCUT2D eigenvalue weighted by atomic mass is 32.2. The highest BCUT2D eigenvalue weighted by Crippen LogP contribution is 2.57. The number of fused-ring (bicyclic) bond motifs is 4. The Labute approximate surface area is 264 Å². The maximum Gasteiger partial charge on any atom is 0.310 e. The number of aliphatic hydroxyl groups is 1. The number of carbonyl (C=O) groups excluding carboxylic acids is 1. The van der Waals surface area contributed by atoms with Gasteiger partial charge < -0.3 is 52.8 Å². The van der Waals surface area contributed by atoms with E-state index in [1.807, 2.05) is 0 Å². The van der Waals surface area contributed by atoms with Gasteiger partial charge >= 0.3 is 5.97 Å². The molecular formula is C30H34O15S. The predicted octanol–water partition coefficient (Wildman–Crippen LogP) is 1.32. The van der Waals surface area contributed by atoms with Crippen LogP contribution in [0.3, 0.4) is 0 Å². The second kappa shape index (κ2) is 11.7. The van der Waals surface area contributed by atoms with E-state index in [2.05, 4.69) is 0 Å². The van der Waals surface area contributed by atoms with Gasteiger partial charge in [-0.1, -0.05) is 0 Å². The summed E-state index contributed by atoms with van der Waals surface area (Å²) >= 11 is 0. The summed E-state index contributed by atoms with van der Waals surface area (Å²) in [6.07, 6.45) is -6.91. The molecule has 0 amide bonds. The maximum atomic E-state index is 13.5. The first-order valence-corrected chi connectivity index (χ1v) is 16.5. The molecule has 1 aliphatic carbocycles. The minimum Gasteiger partial charge on any atom is -0.502 e. The summed E-state index contributed by atoms with van der Waals surface area (Å²) in [4.78, 5) is 13.5. The predicted molar refractivity (Wildman–Crippen MR) is 152 cm³/mol. The standard InChI is InChI=1S/C30H34O15S/c1-12-38-10-21-27(42-12)25(32)28(45-46(4,34)35)30(43-21)44-26-15-8-18-17(40-11-41-18)7-14(15)22(23-16(26)9-39-29(23)33)13-5-19(36-2)24(31)20(6-13)37-3/h5-8,12,16,21-23,25-28,30-32H,9-11H2,1-4H3/t12-,16+,21-,22-,23+,25+,26-,27-,28-,30+/m1/s1. The highest BCUT2D eigenvalue weighted by molar-refractivity contribution is 7.86. The number of cyclic esters (lactones) is 1. The Morgan fingerprint density at radius 1 is 0.935 bits per heavy atom. The van der Waals surface area contributed by atoms with Crippen LogP contribution in [0.4, 0.5) is 0 Å². The Kier molecular flexibility index (Phi) is 7.94.